The van der Waals surface area contributed by atoms with Gasteiger partial charge in [0.05, 0.1) is 6.61 Å². The Morgan fingerprint density at radius 3 is 2.33 bits per heavy atom. The van der Waals surface area contributed by atoms with Crippen LogP contribution in [0.2, 0.25) is 5.02 Å². The molecule has 0 saturated carbocycles. The Morgan fingerprint density at radius 2 is 1.87 bits per heavy atom. The van der Waals surface area contributed by atoms with Gasteiger partial charge in [-0.15, -0.1) is 5.46 Å². The molecule has 0 fully saturated rings. The van der Waals surface area contributed by atoms with Gasteiger partial charge in [-0.3, -0.25) is 0 Å². The summed E-state index contributed by atoms with van der Waals surface area (Å²) in [7, 11) is 1.42. The summed E-state index contributed by atoms with van der Waals surface area (Å²) in [4.78, 5) is 0. The van der Waals surface area contributed by atoms with Crippen molar-refractivity contribution in [2.45, 2.75) is 6.61 Å². The van der Waals surface area contributed by atoms with Gasteiger partial charge in [-0.25, -0.2) is 0 Å². The molecular weight excluding hydrogens is 254 g/mol. The standard InChI is InChI=1S/C8H8BClF3O.K/c1-14-5-6-2-7(9(11,12)13)4-8(10)3-6;/h2-4H,5H2,1H3;/q-1;+1. The van der Waals surface area contributed by atoms with E-state index in [0.717, 1.165) is 12.1 Å². The normalized spacial score (nSPS) is 11.0. The van der Waals surface area contributed by atoms with Crippen LogP contribution in [0, 0.1) is 0 Å². The van der Waals surface area contributed by atoms with Crippen LogP contribution in [0.4, 0.5) is 12.9 Å². The van der Waals surface area contributed by atoms with Crippen LogP contribution in [0.25, 0.3) is 0 Å². The molecule has 0 spiro atoms. The molecule has 1 nitrogen and oxygen atoms in total. The van der Waals surface area contributed by atoms with Crippen LogP contribution >= 0.6 is 11.6 Å². The first-order chi connectivity index (χ1) is 6.43. The predicted octanol–water partition coefficient (Wildman–Crippen LogP) is -0.455. The fourth-order valence-corrected chi connectivity index (χ4v) is 1.38. The van der Waals surface area contributed by atoms with Crippen molar-refractivity contribution in [3.8, 4) is 0 Å². The molecule has 15 heavy (non-hydrogen) atoms. The number of hydrogen-bond donors (Lipinski definition) is 0. The van der Waals surface area contributed by atoms with Crippen LogP contribution in [0.5, 0.6) is 0 Å². The SMILES string of the molecule is COCc1cc(Cl)cc([B-](F)(F)F)c1.[K+]. The molecular formula is C8H8BClF3KO. The van der Waals surface area contributed by atoms with Crippen LogP contribution in [0.15, 0.2) is 18.2 Å². The van der Waals surface area contributed by atoms with Gasteiger partial charge in [0.1, 0.15) is 0 Å². The van der Waals surface area contributed by atoms with Gasteiger partial charge in [0.2, 0.25) is 0 Å². The number of halogens is 4. The zero-order chi connectivity index (χ0) is 10.8. The minimum absolute atomic E-state index is 0. The molecule has 1 aromatic rings. The third-order valence-electron chi connectivity index (χ3n) is 1.67. The van der Waals surface area contributed by atoms with Gasteiger partial charge >= 0.3 is 58.4 Å². The van der Waals surface area contributed by atoms with Gasteiger partial charge in [-0.2, -0.15) is 0 Å². The van der Waals surface area contributed by atoms with E-state index in [4.69, 9.17) is 16.3 Å². The predicted molar refractivity (Wildman–Crippen MR) is 50.9 cm³/mol. The summed E-state index contributed by atoms with van der Waals surface area (Å²) < 4.78 is 41.8. The number of ether oxygens (including phenoxy) is 1. The zero-order valence-corrected chi connectivity index (χ0v) is 12.3. The molecule has 7 heteroatoms. The van der Waals surface area contributed by atoms with Crippen LogP contribution in [-0.4, -0.2) is 14.1 Å². The Kier molecular flexibility index (Phi) is 7.06. The first-order valence-corrected chi connectivity index (χ1v) is 4.29. The average Bonchev–Trinajstić information content (AvgIpc) is 2.02. The van der Waals surface area contributed by atoms with Gasteiger partial charge < -0.3 is 17.7 Å². The zero-order valence-electron chi connectivity index (χ0n) is 8.44. The molecule has 0 saturated heterocycles. The van der Waals surface area contributed by atoms with E-state index < -0.39 is 12.4 Å². The summed E-state index contributed by atoms with van der Waals surface area (Å²) >= 11 is 5.55. The molecule has 1 aromatic carbocycles. The van der Waals surface area contributed by atoms with Crippen molar-refractivity contribution < 1.29 is 69.1 Å². The van der Waals surface area contributed by atoms with Crippen molar-refractivity contribution in [2.24, 2.45) is 0 Å². The van der Waals surface area contributed by atoms with Gasteiger partial charge in [-0.05, 0) is 11.6 Å². The van der Waals surface area contributed by atoms with Crippen molar-refractivity contribution in [1.29, 1.82) is 0 Å². The van der Waals surface area contributed by atoms with Crippen LogP contribution < -0.4 is 56.8 Å². The molecule has 0 unspecified atom stereocenters. The molecule has 1 rings (SSSR count). The van der Waals surface area contributed by atoms with E-state index in [-0.39, 0.29) is 63.0 Å². The van der Waals surface area contributed by atoms with Gasteiger partial charge in [0, 0.05) is 12.1 Å². The third-order valence-corrected chi connectivity index (χ3v) is 1.89. The molecule has 0 atom stereocenters. The number of methoxy groups -OCH3 is 1. The van der Waals surface area contributed by atoms with Gasteiger partial charge in [-0.1, -0.05) is 23.7 Å². The van der Waals surface area contributed by atoms with Gasteiger partial charge in [0.15, 0.2) is 0 Å². The topological polar surface area (TPSA) is 9.23 Å². The van der Waals surface area contributed by atoms with Crippen molar-refractivity contribution in [3.63, 3.8) is 0 Å². The number of benzene rings is 1. The second-order valence-electron chi connectivity index (χ2n) is 2.90. The maximum Gasteiger partial charge on any atom is 1.00 e. The summed E-state index contributed by atoms with van der Waals surface area (Å²) in [5, 5.41) is 0.0775. The molecule has 0 heterocycles. The van der Waals surface area contributed by atoms with Crippen LogP contribution in [0.3, 0.4) is 0 Å². The van der Waals surface area contributed by atoms with Crippen molar-refractivity contribution in [2.75, 3.05) is 7.11 Å². The maximum atomic E-state index is 12.4. The fraction of sp³-hybridized carbons (Fsp3) is 0.250. The summed E-state index contributed by atoms with van der Waals surface area (Å²) in [6, 6.07) is 3.42. The smallest absolute Gasteiger partial charge is 0.445 e. The van der Waals surface area contributed by atoms with E-state index in [1.54, 1.807) is 0 Å². The van der Waals surface area contributed by atoms with E-state index in [0.29, 0.717) is 5.56 Å². The molecule has 0 radical (unpaired) electrons. The second-order valence-corrected chi connectivity index (χ2v) is 3.34. The Hall–Kier alpha value is 0.961. The van der Waals surface area contributed by atoms with E-state index in [1.165, 1.54) is 13.2 Å². The third kappa shape index (κ3) is 5.21. The summed E-state index contributed by atoms with van der Waals surface area (Å²) in [5.41, 5.74) is -0.265. The average molecular weight is 263 g/mol. The monoisotopic (exact) mass is 262 g/mol. The molecule has 0 aliphatic carbocycles. The van der Waals surface area contributed by atoms with Gasteiger partial charge in [0.25, 0.3) is 0 Å². The maximum absolute atomic E-state index is 12.4. The molecule has 0 aromatic heterocycles. The first-order valence-electron chi connectivity index (χ1n) is 3.91. The molecule has 0 amide bonds. The Labute approximate surface area is 134 Å². The first kappa shape index (κ1) is 16.0. The molecule has 78 valence electrons. The largest absolute Gasteiger partial charge is 1.00 e. The van der Waals surface area contributed by atoms with Crippen LogP contribution in [0.1, 0.15) is 5.56 Å². The number of hydrogen-bond acceptors (Lipinski definition) is 1. The van der Waals surface area contributed by atoms with Crippen molar-refractivity contribution in [1.82, 2.24) is 0 Å². The number of rotatable bonds is 3. The molecule has 0 bridgehead atoms. The molecule has 0 aliphatic heterocycles. The minimum atomic E-state index is -5.00. The summed E-state index contributed by atoms with van der Waals surface area (Å²) in [6.45, 7) is -4.87. The molecule has 0 aliphatic rings. The Bertz CT molecular complexity index is 332. The van der Waals surface area contributed by atoms with E-state index in [2.05, 4.69) is 0 Å². The van der Waals surface area contributed by atoms with E-state index in [9.17, 15) is 12.9 Å². The Morgan fingerprint density at radius 1 is 1.27 bits per heavy atom. The summed E-state index contributed by atoms with van der Waals surface area (Å²) in [5.74, 6) is 0. The van der Waals surface area contributed by atoms with E-state index >= 15 is 0 Å². The van der Waals surface area contributed by atoms with E-state index in [1.807, 2.05) is 0 Å². The summed E-state index contributed by atoms with van der Waals surface area (Å²) in [6.07, 6.45) is 0. The van der Waals surface area contributed by atoms with Crippen molar-refractivity contribution >= 4 is 24.0 Å². The minimum Gasteiger partial charge on any atom is -0.445 e. The Balaban J connectivity index is 0.00000196. The second kappa shape index (κ2) is 6.64. The van der Waals surface area contributed by atoms with Crippen molar-refractivity contribution in [3.05, 3.63) is 28.8 Å². The fourth-order valence-electron chi connectivity index (χ4n) is 1.11. The quantitative estimate of drug-likeness (QED) is 0.670. The molecule has 0 N–H and O–H groups in total. The van der Waals surface area contributed by atoms with Crippen LogP contribution in [-0.2, 0) is 11.3 Å².